The maximum Gasteiger partial charge on any atom is 0.270 e. The third-order valence-electron chi connectivity index (χ3n) is 8.98. The van der Waals surface area contributed by atoms with Crippen molar-refractivity contribution in [3.05, 3.63) is 106 Å². The Morgan fingerprint density at radius 2 is 1.95 bits per heavy atom. The van der Waals surface area contributed by atoms with Gasteiger partial charge in [-0.1, -0.05) is 18.2 Å². The van der Waals surface area contributed by atoms with E-state index in [4.69, 9.17) is 0 Å². The van der Waals surface area contributed by atoms with Gasteiger partial charge >= 0.3 is 0 Å². The van der Waals surface area contributed by atoms with Crippen LogP contribution in [0.1, 0.15) is 82.9 Å². The molecule has 3 unspecified atom stereocenters. The molecule has 0 fully saturated rings. The van der Waals surface area contributed by atoms with E-state index >= 15 is 0 Å². The van der Waals surface area contributed by atoms with Crippen LogP contribution in [-0.2, 0) is 35.2 Å². The van der Waals surface area contributed by atoms with E-state index in [1.54, 1.807) is 44.6 Å². The second kappa shape index (κ2) is 9.77. The largest absolute Gasteiger partial charge is 0.384 e. The van der Waals surface area contributed by atoms with Crippen molar-refractivity contribution in [1.82, 2.24) is 24.8 Å². The summed E-state index contributed by atoms with van der Waals surface area (Å²) < 4.78 is 30.7. The molecule has 5 heterocycles. The quantitative estimate of drug-likeness (QED) is 0.330. The van der Waals surface area contributed by atoms with Crippen molar-refractivity contribution in [3.8, 4) is 0 Å². The predicted octanol–water partition coefficient (Wildman–Crippen LogP) is 4.22. The highest BCUT2D eigenvalue weighted by Crippen LogP contribution is 2.46. The first-order valence-corrected chi connectivity index (χ1v) is 14.3. The van der Waals surface area contributed by atoms with Gasteiger partial charge in [0, 0.05) is 36.6 Å². The number of pyridine rings is 2. The van der Waals surface area contributed by atoms with E-state index < -0.39 is 34.6 Å². The number of rotatable bonds is 4. The molecule has 0 radical (unpaired) electrons. The van der Waals surface area contributed by atoms with Crippen molar-refractivity contribution in [2.24, 2.45) is 0 Å². The highest BCUT2D eigenvalue weighted by molar-refractivity contribution is 6.06. The number of benzene rings is 1. The summed E-state index contributed by atoms with van der Waals surface area (Å²) in [4.78, 5) is 40.1. The van der Waals surface area contributed by atoms with Gasteiger partial charge in [0.2, 0.25) is 5.91 Å². The van der Waals surface area contributed by atoms with Gasteiger partial charge in [-0.05, 0) is 74.4 Å². The minimum absolute atomic E-state index is 0.111. The molecular weight excluding hydrogens is 554 g/mol. The number of aromatic nitrogens is 4. The molecular formula is C32H30F2N6O3. The zero-order valence-electron chi connectivity index (χ0n) is 23.7. The van der Waals surface area contributed by atoms with E-state index in [-0.39, 0.29) is 23.1 Å². The van der Waals surface area contributed by atoms with Crippen LogP contribution < -0.4 is 10.6 Å². The average molecular weight is 585 g/mol. The van der Waals surface area contributed by atoms with Crippen molar-refractivity contribution in [3.63, 3.8) is 0 Å². The first-order chi connectivity index (χ1) is 20.5. The number of amides is 2. The average Bonchev–Trinajstić information content (AvgIpc) is 3.62. The van der Waals surface area contributed by atoms with E-state index in [1.165, 1.54) is 6.07 Å². The lowest BCUT2D eigenvalue weighted by Crippen LogP contribution is -2.35. The predicted molar refractivity (Wildman–Crippen MR) is 152 cm³/mol. The molecule has 3 aliphatic rings. The molecule has 3 N–H and O–H groups in total. The number of aliphatic hydroxyl groups is 1. The zero-order chi connectivity index (χ0) is 30.1. The Labute approximate surface area is 246 Å². The monoisotopic (exact) mass is 584 g/mol. The molecule has 3 atom stereocenters. The molecule has 9 nitrogen and oxygen atoms in total. The summed E-state index contributed by atoms with van der Waals surface area (Å²) in [6.07, 6.45) is 6.78. The Bertz CT molecular complexity index is 1800. The SMILES string of the molecule is CC(C)(O)c1cn2c(n1)C(NC(=O)c1cc3c(cn1)CC1(C3)C(=O)Nc3ncccc31)CCC(c1cccc(F)c1F)C2. The second-order valence-electron chi connectivity index (χ2n) is 12.3. The topological polar surface area (TPSA) is 122 Å². The number of fused-ring (bicyclic) bond motifs is 4. The molecule has 4 aromatic rings. The van der Waals surface area contributed by atoms with Crippen LogP contribution in [0, 0.1) is 11.6 Å². The van der Waals surface area contributed by atoms with Crippen molar-refractivity contribution in [2.75, 3.05) is 5.32 Å². The van der Waals surface area contributed by atoms with Crippen molar-refractivity contribution in [2.45, 2.75) is 69.1 Å². The Balaban J connectivity index is 1.17. The lowest BCUT2D eigenvalue weighted by atomic mass is 9.79. The Morgan fingerprint density at radius 1 is 1.14 bits per heavy atom. The van der Waals surface area contributed by atoms with E-state index in [9.17, 15) is 23.5 Å². The molecule has 1 spiro atoms. The molecule has 43 heavy (non-hydrogen) atoms. The molecule has 0 saturated heterocycles. The van der Waals surface area contributed by atoms with Gasteiger partial charge in [-0.2, -0.15) is 0 Å². The number of nitrogens with zero attached hydrogens (tertiary/aromatic N) is 4. The molecule has 11 heteroatoms. The number of anilines is 1. The normalized spacial score (nSPS) is 22.5. The van der Waals surface area contributed by atoms with Crippen LogP contribution in [0.15, 0.2) is 55.0 Å². The van der Waals surface area contributed by atoms with E-state index in [1.807, 2.05) is 16.7 Å². The van der Waals surface area contributed by atoms with Crippen molar-refractivity contribution in [1.29, 1.82) is 0 Å². The first kappa shape index (κ1) is 27.3. The first-order valence-electron chi connectivity index (χ1n) is 14.3. The van der Waals surface area contributed by atoms with Gasteiger partial charge in [0.25, 0.3) is 5.91 Å². The molecule has 3 aromatic heterocycles. The molecule has 0 bridgehead atoms. The standard InChI is InChI=1S/C32H30F2N6O3/c1-31(2,43)25-16-40-15-17(20-5-3-7-22(33)26(20)34)8-9-23(28(40)38-25)37-29(41)24-11-18-12-32(13-19(18)14-36-24)21-6-4-10-35-27(21)39-30(32)42/h3-7,10-11,14,16-17,23,43H,8-9,12-13,15H2,1-2H3,(H,37,41)(H,35,39,42). The highest BCUT2D eigenvalue weighted by Gasteiger charge is 2.51. The Morgan fingerprint density at radius 3 is 2.77 bits per heavy atom. The fourth-order valence-electron chi connectivity index (χ4n) is 6.71. The number of halogens is 2. The van der Waals surface area contributed by atoms with Gasteiger partial charge in [0.1, 0.15) is 22.9 Å². The fourth-order valence-corrected chi connectivity index (χ4v) is 6.71. The maximum atomic E-state index is 14.8. The van der Waals surface area contributed by atoms with E-state index in [0.717, 1.165) is 22.8 Å². The number of hydrogen-bond donors (Lipinski definition) is 3. The minimum atomic E-state index is -1.24. The third-order valence-corrected chi connectivity index (χ3v) is 8.98. The van der Waals surface area contributed by atoms with Crippen LogP contribution in [0.2, 0.25) is 0 Å². The van der Waals surface area contributed by atoms with Gasteiger partial charge in [-0.25, -0.2) is 18.7 Å². The van der Waals surface area contributed by atoms with Gasteiger partial charge < -0.3 is 20.3 Å². The molecule has 7 rings (SSSR count). The number of imidazole rings is 1. The summed E-state index contributed by atoms with van der Waals surface area (Å²) in [5.41, 5.74) is 1.49. The Hall–Kier alpha value is -4.51. The summed E-state index contributed by atoms with van der Waals surface area (Å²) >= 11 is 0. The second-order valence-corrected chi connectivity index (χ2v) is 12.3. The van der Waals surface area contributed by atoms with E-state index in [2.05, 4.69) is 25.6 Å². The summed E-state index contributed by atoms with van der Waals surface area (Å²) in [6.45, 7) is 3.54. The summed E-state index contributed by atoms with van der Waals surface area (Å²) in [7, 11) is 0. The van der Waals surface area contributed by atoms with Crippen LogP contribution in [-0.4, -0.2) is 36.4 Å². The number of carbonyl (C=O) groups is 2. The Kier molecular flexibility index (Phi) is 6.21. The lowest BCUT2D eigenvalue weighted by Gasteiger charge is -2.20. The lowest BCUT2D eigenvalue weighted by molar-refractivity contribution is -0.120. The highest BCUT2D eigenvalue weighted by atomic mass is 19.2. The molecule has 2 aliphatic heterocycles. The van der Waals surface area contributed by atoms with Crippen molar-refractivity contribution >= 4 is 17.6 Å². The van der Waals surface area contributed by atoms with Gasteiger partial charge in [-0.15, -0.1) is 0 Å². The van der Waals surface area contributed by atoms with Gasteiger partial charge in [0.05, 0.1) is 17.2 Å². The molecule has 1 aliphatic carbocycles. The van der Waals surface area contributed by atoms with Gasteiger partial charge in [-0.3, -0.25) is 14.6 Å². The molecule has 1 aromatic carbocycles. The minimum Gasteiger partial charge on any atom is -0.384 e. The van der Waals surface area contributed by atoms with Crippen molar-refractivity contribution < 1.29 is 23.5 Å². The van der Waals surface area contributed by atoms with Crippen LogP contribution in [0.5, 0.6) is 0 Å². The summed E-state index contributed by atoms with van der Waals surface area (Å²) in [5, 5.41) is 16.6. The maximum absolute atomic E-state index is 14.8. The summed E-state index contributed by atoms with van der Waals surface area (Å²) in [6, 6.07) is 9.05. The van der Waals surface area contributed by atoms with Crippen LogP contribution in [0.25, 0.3) is 0 Å². The molecule has 2 amide bonds. The zero-order valence-corrected chi connectivity index (χ0v) is 23.7. The smallest absolute Gasteiger partial charge is 0.270 e. The molecule has 220 valence electrons. The number of hydrogen-bond acceptors (Lipinski definition) is 6. The van der Waals surface area contributed by atoms with Crippen LogP contribution in [0.3, 0.4) is 0 Å². The fraction of sp³-hybridized carbons (Fsp3) is 0.344. The van der Waals surface area contributed by atoms with Crippen LogP contribution in [0.4, 0.5) is 14.6 Å². The van der Waals surface area contributed by atoms with Crippen LogP contribution >= 0.6 is 0 Å². The van der Waals surface area contributed by atoms with Gasteiger partial charge in [0.15, 0.2) is 11.6 Å². The number of carbonyl (C=O) groups excluding carboxylic acids is 2. The number of nitrogens with one attached hydrogen (secondary N) is 2. The van der Waals surface area contributed by atoms with E-state index in [0.29, 0.717) is 49.6 Å². The third kappa shape index (κ3) is 4.50. The molecule has 0 saturated carbocycles. The summed E-state index contributed by atoms with van der Waals surface area (Å²) in [5.74, 6) is -1.59.